The van der Waals surface area contributed by atoms with Crippen molar-refractivity contribution < 1.29 is 168 Å². The summed E-state index contributed by atoms with van der Waals surface area (Å²) < 4.78 is 85.9. The zero-order valence-corrected chi connectivity index (χ0v) is 64.9. The van der Waals surface area contributed by atoms with E-state index < -0.39 is 286 Å². The minimum Gasteiger partial charge on any atom is -0.432 e. The average molecular weight is 1600 g/mol. The van der Waals surface area contributed by atoms with Crippen LogP contribution in [0.1, 0.15) is 127 Å². The fourth-order valence-electron chi connectivity index (χ4n) is 21.0. The number of aliphatic hydroxyl groups is 17. The summed E-state index contributed by atoms with van der Waals surface area (Å²) in [6, 6.07) is 0. The van der Waals surface area contributed by atoms with E-state index in [1.807, 2.05) is 19.0 Å². The zero-order chi connectivity index (χ0) is 81.1. The van der Waals surface area contributed by atoms with E-state index in [2.05, 4.69) is 46.0 Å². The smallest absolute Gasteiger partial charge is 0.317 e. The number of hydrogen-bond donors (Lipinski definition) is 18. The third-order valence-corrected chi connectivity index (χ3v) is 28.1. The van der Waals surface area contributed by atoms with Crippen LogP contribution in [0.3, 0.4) is 0 Å². The van der Waals surface area contributed by atoms with E-state index in [9.17, 15) is 96.4 Å². The Morgan fingerprint density at radius 2 is 1.22 bits per heavy atom. The van der Waals surface area contributed by atoms with Crippen LogP contribution in [0.15, 0.2) is 11.6 Å². The predicted molar refractivity (Wildman–Crippen MR) is 374 cm³/mol. The van der Waals surface area contributed by atoms with Crippen LogP contribution in [0, 0.1) is 56.2 Å². The quantitative estimate of drug-likeness (QED) is 0.0159. The number of rotatable bonds is 22. The summed E-state index contributed by atoms with van der Waals surface area (Å²) in [5.74, 6) is -3.88. The first-order chi connectivity index (χ1) is 52.1. The Morgan fingerprint density at radius 1 is 0.586 bits per heavy atom. The first-order valence-electron chi connectivity index (χ1n) is 39.3. The molecule has 0 spiro atoms. The highest BCUT2D eigenvalue weighted by molar-refractivity contribution is 5.82. The van der Waals surface area contributed by atoms with Crippen molar-refractivity contribution >= 4 is 18.2 Å². The van der Waals surface area contributed by atoms with Crippen molar-refractivity contribution in [1.82, 2.24) is 10.2 Å². The minimum absolute atomic E-state index is 0.0840. The highest BCUT2D eigenvalue weighted by Crippen LogP contribution is 2.76. The summed E-state index contributed by atoms with van der Waals surface area (Å²) in [6.07, 6.45) is -44.6. The minimum atomic E-state index is -2.07. The molecular formula is C75H122N2O34. The van der Waals surface area contributed by atoms with Gasteiger partial charge in [0.15, 0.2) is 49.9 Å². The van der Waals surface area contributed by atoms with Gasteiger partial charge in [-0.2, -0.15) is 0 Å². The molecule has 41 atom stereocenters. The molecular weight excluding hydrogens is 1470 g/mol. The van der Waals surface area contributed by atoms with Crippen LogP contribution in [0.2, 0.25) is 0 Å². The van der Waals surface area contributed by atoms with Gasteiger partial charge in [-0.15, -0.1) is 0 Å². The zero-order valence-electron chi connectivity index (χ0n) is 64.9. The Hall–Kier alpha value is -2.89. The third-order valence-electron chi connectivity index (χ3n) is 28.1. The molecule has 34 unspecified atom stereocenters. The fraction of sp³-hybridized carbons (Fsp3) is 0.933. The van der Waals surface area contributed by atoms with Gasteiger partial charge in [-0.1, -0.05) is 60.1 Å². The summed E-state index contributed by atoms with van der Waals surface area (Å²) in [7, 11) is 3.69. The second-order valence-electron chi connectivity index (χ2n) is 35.7. The molecule has 18 N–H and O–H groups in total. The van der Waals surface area contributed by atoms with Crippen LogP contribution in [0.4, 0.5) is 0 Å². The standard InChI is InChI=1S/C75H122N2O34/c1-31-43(84)63(102-33(3)53(31)105-62-52(93)54(37(82)27-99-62)106-67-59(94)74(97,29-80)30-100-67)109-57-48(89)44(85)32(2)101-65(57)111-68(96)75-20-19-69(4,5)23-35(75)34-13-14-40-70(6)17-16-42(71(7,28-79)39(70)15-18-72(40,8)73(34,9)24-41(75)83)104-66-58(110-64-50(91)47(88)46(87)38(25-78)103-64)55(107-61-49(90)45(86)36(81)26-98-61)51(92)56(108-66)60(95)76-21-12-22-77(10)11/h13,28,31-33,35-59,61-67,78,80-94,97H,12,14-27,29-30H2,1-11H3,(H,76,95)/t31?,32?,33?,35?,36?,37?,38?,39?,40?,41-,42+,43?,44?,45?,46?,47?,48?,49?,50?,51?,52?,53?,54?,55?,56?,57?,58?,59?,61?,62?,63?,64?,65?,66?,67?,70+,71+,72-,73-,74?,75-/m1/s1. The second kappa shape index (κ2) is 33.4. The topological polar surface area (TPSA) is 540 Å². The molecule has 0 aromatic rings. The SMILES string of the molecule is CC1OC(OC(=O)[C@]23CCC(C)(C)CC2C2=CCC4[C@@]5(C)CC[C@H](OC6OC(C(=O)NCCCN(C)C)C(O)C(OC7OCC(O)C(O)C7O)C6OC6OC(CO)C(O)C(O)C6O)[C@@](C)(C=O)C5CC[C@@]4(C)[C@]2(C)C[C@H]3O)C(OC2OC(C)C(OC3OCC(O)C(OC4OCC(O)(CO)C4O)C3O)C(C)C2O)C(O)C1O. The van der Waals surface area contributed by atoms with E-state index in [0.717, 1.165) is 11.9 Å². The molecule has 4 saturated carbocycles. The number of fused-ring (bicyclic) bond motifs is 7. The molecule has 0 aromatic carbocycles. The lowest BCUT2D eigenvalue weighted by atomic mass is 9.33. The number of esters is 1. The normalized spacial score (nSPS) is 52.7. The number of carbonyl (C=O) groups excluding carboxylic acids is 3. The van der Waals surface area contributed by atoms with Crippen LogP contribution < -0.4 is 5.32 Å². The molecule has 7 aliphatic heterocycles. The van der Waals surface area contributed by atoms with E-state index in [4.69, 9.17) is 66.3 Å². The molecule has 12 aliphatic rings. The van der Waals surface area contributed by atoms with Crippen molar-refractivity contribution in [3.63, 3.8) is 0 Å². The maximum atomic E-state index is 15.9. The Morgan fingerprint density at radius 3 is 1.88 bits per heavy atom. The molecule has 36 nitrogen and oxygen atoms in total. The average Bonchev–Trinajstić information content (AvgIpc) is 0.862. The van der Waals surface area contributed by atoms with Crippen LogP contribution in [-0.4, -0.2) is 366 Å². The van der Waals surface area contributed by atoms with E-state index in [-0.39, 0.29) is 37.1 Å². The molecule has 36 heteroatoms. The molecule has 11 fully saturated rings. The van der Waals surface area contributed by atoms with Crippen LogP contribution >= 0.6 is 0 Å². The molecule has 1 amide bonds. The van der Waals surface area contributed by atoms with Gasteiger partial charge in [-0.25, -0.2) is 0 Å². The van der Waals surface area contributed by atoms with E-state index in [1.54, 1.807) is 20.8 Å². The molecule has 7 saturated heterocycles. The first-order valence-corrected chi connectivity index (χ1v) is 39.3. The molecule has 0 aromatic heterocycles. The van der Waals surface area contributed by atoms with Crippen molar-refractivity contribution in [1.29, 1.82) is 0 Å². The van der Waals surface area contributed by atoms with Gasteiger partial charge in [0.2, 0.25) is 6.29 Å². The van der Waals surface area contributed by atoms with Crippen LogP contribution in [0.25, 0.3) is 0 Å². The number of aliphatic hydroxyl groups excluding tert-OH is 16. The van der Waals surface area contributed by atoms with Gasteiger partial charge in [-0.3, -0.25) is 9.59 Å². The summed E-state index contributed by atoms with van der Waals surface area (Å²) >= 11 is 0. The van der Waals surface area contributed by atoms with Gasteiger partial charge >= 0.3 is 5.97 Å². The molecule has 0 bridgehead atoms. The molecule has 111 heavy (non-hydrogen) atoms. The largest absolute Gasteiger partial charge is 0.432 e. The summed E-state index contributed by atoms with van der Waals surface area (Å²) in [4.78, 5) is 46.6. The van der Waals surface area contributed by atoms with Gasteiger partial charge in [0.1, 0.15) is 121 Å². The Labute approximate surface area is 644 Å². The Balaban J connectivity index is 0.788. The number of amides is 1. The number of aldehydes is 1. The highest BCUT2D eigenvalue weighted by Gasteiger charge is 2.73. The molecule has 636 valence electrons. The maximum Gasteiger partial charge on any atom is 0.317 e. The van der Waals surface area contributed by atoms with Gasteiger partial charge < -0.3 is 168 Å². The monoisotopic (exact) mass is 1590 g/mol. The van der Waals surface area contributed by atoms with Crippen molar-refractivity contribution in [2.24, 2.45) is 56.2 Å². The number of nitrogens with one attached hydrogen (secondary N) is 1. The number of hydrogen-bond acceptors (Lipinski definition) is 35. The lowest BCUT2D eigenvalue weighted by Crippen LogP contribution is -2.70. The van der Waals surface area contributed by atoms with Gasteiger partial charge in [0.05, 0.1) is 69.0 Å². The maximum absolute atomic E-state index is 15.9. The Kier molecular flexibility index (Phi) is 26.3. The van der Waals surface area contributed by atoms with Crippen LogP contribution in [0.5, 0.6) is 0 Å². The van der Waals surface area contributed by atoms with Crippen molar-refractivity contribution in [2.75, 3.05) is 60.2 Å². The van der Waals surface area contributed by atoms with Crippen molar-refractivity contribution in [3.8, 4) is 0 Å². The summed E-state index contributed by atoms with van der Waals surface area (Å²) in [5, 5.41) is 193. The lowest BCUT2D eigenvalue weighted by Gasteiger charge is -2.71. The first kappa shape index (κ1) is 87.4. The predicted octanol–water partition coefficient (Wildman–Crippen LogP) is -5.09. The van der Waals surface area contributed by atoms with Crippen molar-refractivity contribution in [3.05, 3.63) is 11.6 Å². The number of carbonyl (C=O) groups is 3. The molecule has 0 radical (unpaired) electrons. The Bertz CT molecular complexity index is 3240. The van der Waals surface area contributed by atoms with Gasteiger partial charge in [0, 0.05) is 12.5 Å². The van der Waals surface area contributed by atoms with Crippen LogP contribution in [-0.2, 0) is 80.7 Å². The van der Waals surface area contributed by atoms with E-state index >= 15 is 4.79 Å². The molecule has 7 heterocycles. The summed E-state index contributed by atoms with van der Waals surface area (Å²) in [5.41, 5.74) is -6.59. The second-order valence-corrected chi connectivity index (χ2v) is 35.7. The number of nitrogens with zero attached hydrogens (tertiary/aromatic N) is 1. The molecule has 5 aliphatic carbocycles. The third kappa shape index (κ3) is 15.6. The van der Waals surface area contributed by atoms with Gasteiger partial charge in [0.25, 0.3) is 5.91 Å². The number of allylic oxidation sites excluding steroid dienone is 2. The number of ether oxygens (including phenoxy) is 14. The molecule has 12 rings (SSSR count). The fourth-order valence-corrected chi connectivity index (χ4v) is 21.0. The van der Waals surface area contributed by atoms with E-state index in [0.29, 0.717) is 51.5 Å². The summed E-state index contributed by atoms with van der Waals surface area (Å²) in [6.45, 7) is 14.6. The highest BCUT2D eigenvalue weighted by atomic mass is 16.8. The van der Waals surface area contributed by atoms with E-state index in [1.165, 1.54) is 6.92 Å². The lowest BCUT2D eigenvalue weighted by molar-refractivity contribution is -0.391. The van der Waals surface area contributed by atoms with Gasteiger partial charge in [-0.05, 0) is 138 Å². The van der Waals surface area contributed by atoms with Crippen molar-refractivity contribution in [2.45, 2.75) is 323 Å².